The molecule has 0 heterocycles. The van der Waals surface area contributed by atoms with Gasteiger partial charge in [0.2, 0.25) is 5.91 Å². The van der Waals surface area contributed by atoms with Crippen LogP contribution in [0.5, 0.6) is 5.75 Å². The molecule has 1 aromatic carbocycles. The normalized spacial score (nSPS) is 12.1. The Morgan fingerprint density at radius 2 is 2.00 bits per heavy atom. The molecule has 1 unspecified atom stereocenters. The summed E-state index contributed by atoms with van der Waals surface area (Å²) < 4.78 is 5.30. The molecule has 0 saturated heterocycles. The highest BCUT2D eigenvalue weighted by atomic mass is 16.5. The number of methoxy groups -OCH3 is 1. The van der Waals surface area contributed by atoms with Crippen molar-refractivity contribution in [2.75, 3.05) is 13.7 Å². The molecule has 1 aromatic rings. The number of hydrogen-bond acceptors (Lipinski definition) is 3. The molecule has 0 saturated carbocycles. The number of amides is 1. The molecule has 1 amide bonds. The van der Waals surface area contributed by atoms with Gasteiger partial charge in [-0.25, -0.2) is 0 Å². The molecule has 106 valence electrons. The van der Waals surface area contributed by atoms with E-state index in [1.807, 2.05) is 32.9 Å². The van der Waals surface area contributed by atoms with Crippen molar-refractivity contribution in [3.8, 4) is 5.75 Å². The first-order chi connectivity index (χ1) is 8.99. The van der Waals surface area contributed by atoms with Crippen LogP contribution in [-0.2, 0) is 4.79 Å². The van der Waals surface area contributed by atoms with Gasteiger partial charge in [-0.2, -0.15) is 0 Å². The molecule has 2 N–H and O–H groups in total. The first kappa shape index (κ1) is 15.5. The van der Waals surface area contributed by atoms with E-state index in [4.69, 9.17) is 4.74 Å². The highest BCUT2D eigenvalue weighted by molar-refractivity contribution is 5.75. The predicted octanol–water partition coefficient (Wildman–Crippen LogP) is 2.26. The molecule has 1 rings (SSSR count). The van der Waals surface area contributed by atoms with E-state index in [0.717, 1.165) is 16.7 Å². The Hall–Kier alpha value is -1.55. The van der Waals surface area contributed by atoms with E-state index in [2.05, 4.69) is 5.32 Å². The number of nitrogens with one attached hydrogen (secondary N) is 1. The van der Waals surface area contributed by atoms with Gasteiger partial charge in [-0.05, 0) is 50.5 Å². The number of hydrogen-bond donors (Lipinski definition) is 2. The molecule has 0 aliphatic carbocycles. The maximum atomic E-state index is 11.4. The van der Waals surface area contributed by atoms with Gasteiger partial charge in [-0.1, -0.05) is 0 Å². The van der Waals surface area contributed by atoms with Gasteiger partial charge in [0.15, 0.2) is 0 Å². The third kappa shape index (κ3) is 4.24. The van der Waals surface area contributed by atoms with E-state index in [1.165, 1.54) is 0 Å². The number of carbonyl (C=O) groups excluding carboxylic acids is 1. The number of ether oxygens (including phenoxy) is 1. The van der Waals surface area contributed by atoms with Crippen molar-refractivity contribution >= 4 is 5.91 Å². The molecule has 1 atom stereocenters. The number of rotatable bonds is 6. The van der Waals surface area contributed by atoms with E-state index in [-0.39, 0.29) is 5.91 Å². The zero-order valence-corrected chi connectivity index (χ0v) is 12.1. The minimum atomic E-state index is -0.683. The van der Waals surface area contributed by atoms with Gasteiger partial charge in [0, 0.05) is 18.5 Å². The van der Waals surface area contributed by atoms with Crippen LogP contribution in [0.25, 0.3) is 0 Å². The van der Waals surface area contributed by atoms with Gasteiger partial charge in [0.05, 0.1) is 13.2 Å². The Bertz CT molecular complexity index is 443. The Labute approximate surface area is 114 Å². The largest absolute Gasteiger partial charge is 0.496 e. The Morgan fingerprint density at radius 1 is 1.37 bits per heavy atom. The minimum Gasteiger partial charge on any atom is -0.496 e. The lowest BCUT2D eigenvalue weighted by molar-refractivity contribution is -0.121. The molecular weight excluding hydrogens is 242 g/mol. The van der Waals surface area contributed by atoms with Gasteiger partial charge in [0.25, 0.3) is 0 Å². The van der Waals surface area contributed by atoms with Crippen molar-refractivity contribution in [1.29, 1.82) is 0 Å². The van der Waals surface area contributed by atoms with Crippen LogP contribution in [0, 0.1) is 13.8 Å². The van der Waals surface area contributed by atoms with Gasteiger partial charge < -0.3 is 15.2 Å². The second kappa shape index (κ2) is 7.14. The third-order valence-electron chi connectivity index (χ3n) is 3.22. The summed E-state index contributed by atoms with van der Waals surface area (Å²) >= 11 is 0. The van der Waals surface area contributed by atoms with E-state index < -0.39 is 6.10 Å². The molecule has 19 heavy (non-hydrogen) atoms. The molecular formula is C15H23NO3. The second-order valence-corrected chi connectivity index (χ2v) is 4.69. The predicted molar refractivity (Wildman–Crippen MR) is 75.3 cm³/mol. The Kier molecular flexibility index (Phi) is 5.83. The molecule has 0 bridgehead atoms. The fraction of sp³-hybridized carbons (Fsp3) is 0.533. The Morgan fingerprint density at radius 3 is 2.58 bits per heavy atom. The summed E-state index contributed by atoms with van der Waals surface area (Å²) in [7, 11) is 1.59. The standard InChI is InChI=1S/C15H23NO3/c1-5-16-15(18)7-6-13(17)12-8-10(2)11(3)9-14(12)19-4/h8-9,13,17H,5-7H2,1-4H3,(H,16,18). The number of aliphatic hydroxyl groups excluding tert-OH is 1. The summed E-state index contributed by atoms with van der Waals surface area (Å²) in [5, 5.41) is 12.9. The monoisotopic (exact) mass is 265 g/mol. The van der Waals surface area contributed by atoms with Crippen LogP contribution in [0.1, 0.15) is 42.6 Å². The van der Waals surface area contributed by atoms with Crippen molar-refractivity contribution in [2.24, 2.45) is 0 Å². The minimum absolute atomic E-state index is 0.0376. The highest BCUT2D eigenvalue weighted by Gasteiger charge is 2.16. The van der Waals surface area contributed by atoms with Crippen LogP contribution < -0.4 is 10.1 Å². The lowest BCUT2D eigenvalue weighted by Crippen LogP contribution is -2.22. The maximum Gasteiger partial charge on any atom is 0.220 e. The van der Waals surface area contributed by atoms with Gasteiger partial charge in [-0.15, -0.1) is 0 Å². The average molecular weight is 265 g/mol. The van der Waals surface area contributed by atoms with Crippen molar-refractivity contribution in [1.82, 2.24) is 5.32 Å². The lowest BCUT2D eigenvalue weighted by Gasteiger charge is -2.16. The molecule has 0 aromatic heterocycles. The molecule has 0 spiro atoms. The summed E-state index contributed by atoms with van der Waals surface area (Å²) in [6.07, 6.45) is 0.0207. The molecule has 0 aliphatic rings. The summed E-state index contributed by atoms with van der Waals surface area (Å²) in [5.74, 6) is 0.635. The SMILES string of the molecule is CCNC(=O)CCC(O)c1cc(C)c(C)cc1OC. The lowest BCUT2D eigenvalue weighted by atomic mass is 9.98. The molecule has 0 radical (unpaired) electrons. The summed E-state index contributed by atoms with van der Waals surface area (Å²) in [6, 6.07) is 3.84. The quantitative estimate of drug-likeness (QED) is 0.829. The van der Waals surface area contributed by atoms with Gasteiger partial charge in [0.1, 0.15) is 5.75 Å². The first-order valence-corrected chi connectivity index (χ1v) is 6.59. The van der Waals surface area contributed by atoms with Crippen LogP contribution in [0.4, 0.5) is 0 Å². The van der Waals surface area contributed by atoms with E-state index in [9.17, 15) is 9.90 Å². The van der Waals surface area contributed by atoms with Crippen molar-refractivity contribution in [2.45, 2.75) is 39.7 Å². The van der Waals surface area contributed by atoms with Crippen molar-refractivity contribution in [3.05, 3.63) is 28.8 Å². The first-order valence-electron chi connectivity index (χ1n) is 6.59. The maximum absolute atomic E-state index is 11.4. The van der Waals surface area contributed by atoms with Crippen LogP contribution in [0.3, 0.4) is 0 Å². The zero-order valence-electron chi connectivity index (χ0n) is 12.1. The third-order valence-corrected chi connectivity index (χ3v) is 3.22. The fourth-order valence-electron chi connectivity index (χ4n) is 1.96. The van der Waals surface area contributed by atoms with E-state index >= 15 is 0 Å². The molecule has 0 aliphatic heterocycles. The molecule has 4 nitrogen and oxygen atoms in total. The van der Waals surface area contributed by atoms with Crippen LogP contribution in [-0.4, -0.2) is 24.7 Å². The van der Waals surface area contributed by atoms with Crippen LogP contribution in [0.2, 0.25) is 0 Å². The number of aryl methyl sites for hydroxylation is 2. The second-order valence-electron chi connectivity index (χ2n) is 4.69. The van der Waals surface area contributed by atoms with E-state index in [1.54, 1.807) is 7.11 Å². The number of aliphatic hydroxyl groups is 1. The van der Waals surface area contributed by atoms with Crippen molar-refractivity contribution in [3.63, 3.8) is 0 Å². The average Bonchev–Trinajstić information content (AvgIpc) is 2.39. The summed E-state index contributed by atoms with van der Waals surface area (Å²) in [4.78, 5) is 11.4. The highest BCUT2D eigenvalue weighted by Crippen LogP contribution is 2.30. The Balaban J connectivity index is 2.78. The fourth-order valence-corrected chi connectivity index (χ4v) is 1.96. The van der Waals surface area contributed by atoms with Gasteiger partial charge >= 0.3 is 0 Å². The van der Waals surface area contributed by atoms with Crippen molar-refractivity contribution < 1.29 is 14.6 Å². The summed E-state index contributed by atoms with van der Waals surface area (Å²) in [5.41, 5.74) is 2.97. The van der Waals surface area contributed by atoms with Crippen LogP contribution in [0.15, 0.2) is 12.1 Å². The smallest absolute Gasteiger partial charge is 0.220 e. The van der Waals surface area contributed by atoms with Gasteiger partial charge in [-0.3, -0.25) is 4.79 Å². The topological polar surface area (TPSA) is 58.6 Å². The summed E-state index contributed by atoms with van der Waals surface area (Å²) in [6.45, 7) is 6.49. The number of carbonyl (C=O) groups is 1. The van der Waals surface area contributed by atoms with E-state index in [0.29, 0.717) is 25.1 Å². The number of benzene rings is 1. The molecule has 0 fully saturated rings. The molecule has 4 heteroatoms. The van der Waals surface area contributed by atoms with Crippen LogP contribution >= 0.6 is 0 Å². The zero-order chi connectivity index (χ0) is 14.4.